The molecule has 17 nitrogen and oxygen atoms in total. The van der Waals surface area contributed by atoms with Gasteiger partial charge in [0.05, 0.1) is 12.8 Å². The van der Waals surface area contributed by atoms with E-state index in [-0.39, 0.29) is 39.7 Å². The molecule has 2 amide bonds. The number of β-lactam (4-membered cyclic amide) rings is 1. The number of carboxylic acids is 1. The third kappa shape index (κ3) is 6.18. The zero-order chi connectivity index (χ0) is 29.7. The van der Waals surface area contributed by atoms with Crippen molar-refractivity contribution >= 4 is 69.7 Å². The van der Waals surface area contributed by atoms with Crippen LogP contribution in [0.5, 0.6) is 0 Å². The van der Waals surface area contributed by atoms with E-state index in [1.165, 1.54) is 49.1 Å². The molecule has 4 rings (SSSR count). The number of carboxylic acid groups (broad SMARTS) is 1. The lowest BCUT2D eigenvalue weighted by molar-refractivity contribution is -0.150. The fourth-order valence-corrected chi connectivity index (χ4v) is 6.31. The maximum absolute atomic E-state index is 13.0. The van der Waals surface area contributed by atoms with Crippen LogP contribution in [0.4, 0.5) is 5.13 Å². The molecule has 0 aromatic carbocycles. The van der Waals surface area contributed by atoms with Crippen LogP contribution < -0.4 is 22.2 Å². The van der Waals surface area contributed by atoms with Gasteiger partial charge in [-0.3, -0.25) is 28.6 Å². The molecule has 2 aliphatic heterocycles. The number of fused-ring (bicyclic) bond motifs is 1. The van der Waals surface area contributed by atoms with Gasteiger partial charge in [-0.15, -0.1) is 28.2 Å². The number of thiazole rings is 1. The first-order valence-corrected chi connectivity index (χ1v) is 14.1. The Morgan fingerprint density at radius 3 is 2.78 bits per heavy atom. The molecule has 4 heterocycles. The molecule has 2 unspecified atom stereocenters. The van der Waals surface area contributed by atoms with Gasteiger partial charge >= 0.3 is 17.1 Å². The van der Waals surface area contributed by atoms with Crippen molar-refractivity contribution in [1.29, 1.82) is 0 Å². The number of aromatic nitrogens is 4. The van der Waals surface area contributed by atoms with Crippen LogP contribution in [0.15, 0.2) is 53.2 Å². The SMILES string of the molecule is CON=CCn1c(SC=CC2=C(C(=O)O)N3C(=O)C(NC(=O)C(=NOC)c4csc(N)n4)C3SC2)n[nH]c(=O)c1=O. The van der Waals surface area contributed by atoms with Gasteiger partial charge in [-0.05, 0) is 17.1 Å². The molecule has 1 saturated heterocycles. The molecule has 2 aliphatic rings. The van der Waals surface area contributed by atoms with Gasteiger partial charge in [0, 0.05) is 11.1 Å². The number of rotatable bonds is 11. The number of aromatic amines is 1. The third-order valence-electron chi connectivity index (χ3n) is 5.46. The molecule has 5 N–H and O–H groups in total. The second-order valence-electron chi connectivity index (χ2n) is 7.88. The molecular weight excluding hydrogens is 602 g/mol. The number of aliphatic carboxylic acids is 1. The summed E-state index contributed by atoms with van der Waals surface area (Å²) in [6.45, 7) is -0.0948. The van der Waals surface area contributed by atoms with Gasteiger partial charge in [0.1, 0.15) is 37.0 Å². The number of nitrogens with two attached hydrogens (primary N) is 1. The van der Waals surface area contributed by atoms with E-state index >= 15 is 0 Å². The van der Waals surface area contributed by atoms with E-state index < -0.39 is 40.3 Å². The fraction of sp³-hybridized carbons (Fsp3) is 0.286. The first-order chi connectivity index (χ1) is 19.7. The summed E-state index contributed by atoms with van der Waals surface area (Å²) in [5.41, 5.74) is 3.87. The smallest absolute Gasteiger partial charge is 0.352 e. The summed E-state index contributed by atoms with van der Waals surface area (Å²) in [6, 6.07) is -1.02. The second-order valence-corrected chi connectivity index (χ2v) is 10.7. The Morgan fingerprint density at radius 2 is 2.12 bits per heavy atom. The van der Waals surface area contributed by atoms with Crippen LogP contribution >= 0.6 is 34.9 Å². The van der Waals surface area contributed by atoms with Crippen LogP contribution in [-0.2, 0) is 30.6 Å². The van der Waals surface area contributed by atoms with E-state index in [1.54, 1.807) is 0 Å². The minimum Gasteiger partial charge on any atom is -0.477 e. The summed E-state index contributed by atoms with van der Waals surface area (Å²) in [5.74, 6) is -2.52. The number of anilines is 1. The summed E-state index contributed by atoms with van der Waals surface area (Å²) in [6.07, 6.45) is 2.73. The third-order valence-corrected chi connectivity index (χ3v) is 8.23. The molecule has 0 saturated carbocycles. The molecule has 0 radical (unpaired) electrons. The van der Waals surface area contributed by atoms with Gasteiger partial charge in [-0.25, -0.2) is 14.9 Å². The summed E-state index contributed by atoms with van der Waals surface area (Å²) < 4.78 is 1.06. The lowest BCUT2D eigenvalue weighted by Crippen LogP contribution is -2.71. The second kappa shape index (κ2) is 12.8. The highest BCUT2D eigenvalue weighted by Gasteiger charge is 2.54. The zero-order valence-electron chi connectivity index (χ0n) is 21.2. The van der Waals surface area contributed by atoms with Crippen LogP contribution in [0, 0.1) is 0 Å². The van der Waals surface area contributed by atoms with Gasteiger partial charge in [-0.1, -0.05) is 22.1 Å². The summed E-state index contributed by atoms with van der Waals surface area (Å²) >= 11 is 3.27. The summed E-state index contributed by atoms with van der Waals surface area (Å²) in [4.78, 5) is 76.4. The number of hydrogen-bond acceptors (Lipinski definition) is 15. The van der Waals surface area contributed by atoms with Crippen molar-refractivity contribution in [3.63, 3.8) is 0 Å². The number of carbonyl (C=O) groups excluding carboxylic acids is 2. The van der Waals surface area contributed by atoms with Crippen LogP contribution in [0.3, 0.4) is 0 Å². The van der Waals surface area contributed by atoms with E-state index in [2.05, 4.69) is 35.6 Å². The predicted octanol–water partition coefficient (Wildman–Crippen LogP) is -1.00. The summed E-state index contributed by atoms with van der Waals surface area (Å²) in [7, 11) is 2.56. The Hall–Kier alpha value is -4.43. The van der Waals surface area contributed by atoms with Crippen LogP contribution in [-0.4, -0.2) is 90.9 Å². The monoisotopic (exact) mass is 623 g/mol. The number of allylic oxidation sites excluding steroid dienone is 1. The number of amides is 2. The number of H-pyrrole nitrogens is 1. The van der Waals surface area contributed by atoms with Crippen molar-refractivity contribution in [3.8, 4) is 0 Å². The largest absolute Gasteiger partial charge is 0.477 e. The van der Waals surface area contributed by atoms with Gasteiger partial charge in [-0.2, -0.15) is 0 Å². The van der Waals surface area contributed by atoms with Crippen molar-refractivity contribution < 1.29 is 29.2 Å². The molecule has 41 heavy (non-hydrogen) atoms. The Kier molecular flexibility index (Phi) is 9.24. The highest BCUT2D eigenvalue weighted by atomic mass is 32.2. The van der Waals surface area contributed by atoms with E-state index in [1.807, 2.05) is 0 Å². The van der Waals surface area contributed by atoms with Crippen LogP contribution in [0.1, 0.15) is 5.69 Å². The van der Waals surface area contributed by atoms with Gasteiger partial charge in [0.2, 0.25) is 0 Å². The maximum atomic E-state index is 13.0. The number of oxime groups is 2. The Labute approximate surface area is 242 Å². The van der Waals surface area contributed by atoms with Crippen molar-refractivity contribution in [2.45, 2.75) is 23.1 Å². The van der Waals surface area contributed by atoms with Gasteiger partial charge < -0.3 is 25.8 Å². The molecule has 2 atom stereocenters. The molecule has 216 valence electrons. The summed E-state index contributed by atoms with van der Waals surface area (Å²) in [5, 5.41) is 28.3. The first kappa shape index (κ1) is 29.6. The average Bonchev–Trinajstić information content (AvgIpc) is 3.38. The zero-order valence-corrected chi connectivity index (χ0v) is 23.6. The van der Waals surface area contributed by atoms with E-state index in [4.69, 9.17) is 10.6 Å². The number of nitrogens with one attached hydrogen (secondary N) is 2. The highest BCUT2D eigenvalue weighted by Crippen LogP contribution is 2.41. The minimum absolute atomic E-state index is 0.0948. The fourth-order valence-electron chi connectivity index (χ4n) is 3.71. The maximum Gasteiger partial charge on any atom is 0.352 e. The van der Waals surface area contributed by atoms with Crippen LogP contribution in [0.25, 0.3) is 0 Å². The van der Waals surface area contributed by atoms with E-state index in [0.29, 0.717) is 5.57 Å². The van der Waals surface area contributed by atoms with Gasteiger partial charge in [0.25, 0.3) is 11.8 Å². The van der Waals surface area contributed by atoms with E-state index in [9.17, 15) is 29.1 Å². The Morgan fingerprint density at radius 1 is 1.34 bits per heavy atom. The molecule has 1 fully saturated rings. The standard InChI is InChI=1S/C21H21N9O8S3/c1-37-23-4-5-29-17(34)15(32)26-27-21(29)39-6-3-9-7-40-18-12(16(33)30(18)13(9)19(35)36)25-14(31)11(28-38-2)10-8-41-20(22)24-10/h3-4,6,8,12,18H,5,7H2,1-2H3,(H2,22,24)(H,25,31)(H,26,32)(H,35,36). The first-order valence-electron chi connectivity index (χ1n) is 11.3. The van der Waals surface area contributed by atoms with Crippen molar-refractivity contribution in [1.82, 2.24) is 30.0 Å². The quantitative estimate of drug-likeness (QED) is 0.0773. The normalized spacial score (nSPS) is 18.9. The van der Waals surface area contributed by atoms with Gasteiger partial charge in [0.15, 0.2) is 16.0 Å². The number of nitrogen functional groups attached to an aromatic ring is 1. The van der Waals surface area contributed by atoms with Crippen molar-refractivity contribution in [2.24, 2.45) is 10.3 Å². The predicted molar refractivity (Wildman–Crippen MR) is 149 cm³/mol. The van der Waals surface area contributed by atoms with Crippen molar-refractivity contribution in [3.05, 3.63) is 54.5 Å². The minimum atomic E-state index is -1.34. The lowest BCUT2D eigenvalue weighted by Gasteiger charge is -2.49. The molecular formula is C21H21N9O8S3. The molecule has 2 aromatic heterocycles. The lowest BCUT2D eigenvalue weighted by atomic mass is 10.0. The number of thioether (sulfide) groups is 2. The Balaban J connectivity index is 1.51. The Bertz CT molecular complexity index is 1610. The van der Waals surface area contributed by atoms with Crippen LogP contribution in [0.2, 0.25) is 0 Å². The molecule has 0 spiro atoms. The highest BCUT2D eigenvalue weighted by molar-refractivity contribution is 8.02. The average molecular weight is 624 g/mol. The topological polar surface area (TPSA) is 237 Å². The molecule has 0 bridgehead atoms. The molecule has 0 aliphatic carbocycles. The molecule has 20 heteroatoms. The van der Waals surface area contributed by atoms with E-state index in [0.717, 1.165) is 32.6 Å². The van der Waals surface area contributed by atoms with Crippen molar-refractivity contribution in [2.75, 3.05) is 25.7 Å². The number of nitrogens with zero attached hydrogens (tertiary/aromatic N) is 6. The number of carbonyl (C=O) groups is 3. The molecule has 2 aromatic rings. The number of hydrogen-bond donors (Lipinski definition) is 4.